The van der Waals surface area contributed by atoms with Crippen LogP contribution in [0.4, 0.5) is 0 Å². The maximum Gasteiger partial charge on any atom is 0.220 e. The smallest absolute Gasteiger partial charge is 0.220 e. The average Bonchev–Trinajstić information content (AvgIpc) is 2.29. The molecular formula is C13H12N2OS. The molecule has 2 N–H and O–H groups in total. The maximum atomic E-state index is 5.62. The van der Waals surface area contributed by atoms with Gasteiger partial charge in [-0.05, 0) is 25.1 Å². The first-order valence-corrected chi connectivity index (χ1v) is 5.57. The number of benzene rings is 1. The number of nitrogens with zero attached hydrogens (tertiary/aromatic N) is 1. The van der Waals surface area contributed by atoms with Crippen molar-refractivity contribution in [3.8, 4) is 11.6 Å². The van der Waals surface area contributed by atoms with Gasteiger partial charge in [0.25, 0.3) is 0 Å². The Balaban J connectivity index is 2.30. The fourth-order valence-corrected chi connectivity index (χ4v) is 1.56. The zero-order valence-corrected chi connectivity index (χ0v) is 10.2. The number of ether oxygens (including phenoxy) is 1. The summed E-state index contributed by atoms with van der Waals surface area (Å²) in [6.45, 7) is 1.87. The van der Waals surface area contributed by atoms with Crippen molar-refractivity contribution in [1.82, 2.24) is 4.98 Å². The van der Waals surface area contributed by atoms with Gasteiger partial charge in [-0.25, -0.2) is 4.98 Å². The van der Waals surface area contributed by atoms with Crippen LogP contribution in [0.3, 0.4) is 0 Å². The van der Waals surface area contributed by atoms with E-state index in [-0.39, 0.29) is 0 Å². The van der Waals surface area contributed by atoms with Gasteiger partial charge in [0.15, 0.2) is 0 Å². The van der Waals surface area contributed by atoms with E-state index in [2.05, 4.69) is 4.98 Å². The molecule has 17 heavy (non-hydrogen) atoms. The SMILES string of the molecule is Cc1cc(C(N)=S)cc(Oc2ccccc2)n1. The number of aromatic nitrogens is 1. The number of thiocarbonyl (C=S) groups is 1. The molecule has 0 aliphatic rings. The Hall–Kier alpha value is -1.94. The van der Waals surface area contributed by atoms with Gasteiger partial charge in [0, 0.05) is 17.3 Å². The van der Waals surface area contributed by atoms with Crippen LogP contribution in [0.2, 0.25) is 0 Å². The predicted molar refractivity (Wildman–Crippen MR) is 71.4 cm³/mol. The van der Waals surface area contributed by atoms with Crippen molar-refractivity contribution in [1.29, 1.82) is 0 Å². The van der Waals surface area contributed by atoms with Crippen LogP contribution in [-0.4, -0.2) is 9.97 Å². The number of para-hydroxylation sites is 1. The summed E-state index contributed by atoms with van der Waals surface area (Å²) in [6.07, 6.45) is 0. The molecule has 0 atom stereocenters. The van der Waals surface area contributed by atoms with Gasteiger partial charge in [-0.3, -0.25) is 0 Å². The molecule has 2 aromatic rings. The van der Waals surface area contributed by atoms with E-state index in [1.807, 2.05) is 43.3 Å². The second-order valence-corrected chi connectivity index (χ2v) is 4.05. The molecule has 0 saturated heterocycles. The molecule has 0 saturated carbocycles. The van der Waals surface area contributed by atoms with E-state index in [4.69, 9.17) is 22.7 Å². The number of nitrogens with two attached hydrogens (primary N) is 1. The molecule has 0 fully saturated rings. The highest BCUT2D eigenvalue weighted by Crippen LogP contribution is 2.20. The minimum absolute atomic E-state index is 0.341. The van der Waals surface area contributed by atoms with E-state index in [1.54, 1.807) is 6.07 Å². The molecule has 1 heterocycles. The summed E-state index contributed by atoms with van der Waals surface area (Å²) in [4.78, 5) is 4.62. The third-order valence-electron chi connectivity index (χ3n) is 2.18. The van der Waals surface area contributed by atoms with E-state index in [1.165, 1.54) is 0 Å². The van der Waals surface area contributed by atoms with Crippen LogP contribution in [0.1, 0.15) is 11.3 Å². The molecule has 1 aromatic heterocycles. The topological polar surface area (TPSA) is 48.1 Å². The van der Waals surface area contributed by atoms with Crippen LogP contribution in [0.25, 0.3) is 0 Å². The van der Waals surface area contributed by atoms with Crippen LogP contribution in [0.5, 0.6) is 11.6 Å². The molecule has 0 aliphatic carbocycles. The number of rotatable bonds is 3. The standard InChI is InChI=1S/C13H12N2OS/c1-9-7-10(13(14)17)8-12(15-9)16-11-5-3-2-4-6-11/h2-8H,1H3,(H2,14,17). The Morgan fingerprint density at radius 2 is 1.94 bits per heavy atom. The second-order valence-electron chi connectivity index (χ2n) is 3.61. The summed E-state index contributed by atoms with van der Waals surface area (Å²) in [6, 6.07) is 13.0. The van der Waals surface area contributed by atoms with Gasteiger partial charge in [0.1, 0.15) is 10.7 Å². The first kappa shape index (κ1) is 11.5. The molecule has 1 aromatic carbocycles. The van der Waals surface area contributed by atoms with E-state index < -0.39 is 0 Å². The van der Waals surface area contributed by atoms with Gasteiger partial charge < -0.3 is 10.5 Å². The Morgan fingerprint density at radius 1 is 1.24 bits per heavy atom. The number of hydrogen-bond donors (Lipinski definition) is 1. The summed E-state index contributed by atoms with van der Waals surface area (Å²) >= 11 is 4.94. The highest BCUT2D eigenvalue weighted by atomic mass is 32.1. The number of pyridine rings is 1. The maximum absolute atomic E-state index is 5.62. The summed E-state index contributed by atoms with van der Waals surface area (Å²) in [5, 5.41) is 0. The second kappa shape index (κ2) is 4.93. The first-order chi connectivity index (χ1) is 8.15. The van der Waals surface area contributed by atoms with E-state index in [9.17, 15) is 0 Å². The fourth-order valence-electron chi connectivity index (χ4n) is 1.44. The van der Waals surface area contributed by atoms with Crippen LogP contribution in [0, 0.1) is 6.92 Å². The van der Waals surface area contributed by atoms with Crippen molar-refractivity contribution in [3.05, 3.63) is 53.7 Å². The Kier molecular flexibility index (Phi) is 3.35. The zero-order chi connectivity index (χ0) is 12.3. The number of aryl methyl sites for hydroxylation is 1. The predicted octanol–water partition coefficient (Wildman–Crippen LogP) is 2.82. The Morgan fingerprint density at radius 3 is 2.59 bits per heavy atom. The fraction of sp³-hybridized carbons (Fsp3) is 0.0769. The van der Waals surface area contributed by atoms with Gasteiger partial charge >= 0.3 is 0 Å². The van der Waals surface area contributed by atoms with Crippen LogP contribution in [0.15, 0.2) is 42.5 Å². The molecule has 0 radical (unpaired) electrons. The quantitative estimate of drug-likeness (QED) is 0.843. The van der Waals surface area contributed by atoms with Crippen LogP contribution < -0.4 is 10.5 Å². The van der Waals surface area contributed by atoms with Crippen molar-refractivity contribution in [2.24, 2.45) is 5.73 Å². The molecule has 3 nitrogen and oxygen atoms in total. The summed E-state index contributed by atoms with van der Waals surface area (Å²) in [5.74, 6) is 1.23. The molecule has 0 spiro atoms. The molecule has 2 rings (SSSR count). The van der Waals surface area contributed by atoms with E-state index in [0.29, 0.717) is 10.9 Å². The van der Waals surface area contributed by atoms with Crippen molar-refractivity contribution in [3.63, 3.8) is 0 Å². The largest absolute Gasteiger partial charge is 0.439 e. The van der Waals surface area contributed by atoms with Gasteiger partial charge in [-0.1, -0.05) is 30.4 Å². The van der Waals surface area contributed by atoms with Gasteiger partial charge in [-0.15, -0.1) is 0 Å². The molecule has 0 amide bonds. The molecule has 0 unspecified atom stereocenters. The molecule has 86 valence electrons. The first-order valence-electron chi connectivity index (χ1n) is 5.16. The molecular weight excluding hydrogens is 232 g/mol. The molecule has 0 aliphatic heterocycles. The van der Waals surface area contributed by atoms with Gasteiger partial charge in [-0.2, -0.15) is 0 Å². The average molecular weight is 244 g/mol. The minimum atomic E-state index is 0.341. The van der Waals surface area contributed by atoms with Crippen molar-refractivity contribution >= 4 is 17.2 Å². The normalized spacial score (nSPS) is 9.94. The Bertz CT molecular complexity index is 540. The summed E-state index contributed by atoms with van der Waals surface area (Å²) < 4.78 is 5.62. The minimum Gasteiger partial charge on any atom is -0.439 e. The number of hydrogen-bond acceptors (Lipinski definition) is 3. The third-order valence-corrected chi connectivity index (χ3v) is 2.42. The highest BCUT2D eigenvalue weighted by molar-refractivity contribution is 7.80. The molecule has 4 heteroatoms. The zero-order valence-electron chi connectivity index (χ0n) is 9.38. The molecule has 0 bridgehead atoms. The van der Waals surface area contributed by atoms with Crippen molar-refractivity contribution in [2.45, 2.75) is 6.92 Å². The summed E-state index contributed by atoms with van der Waals surface area (Å²) in [7, 11) is 0. The van der Waals surface area contributed by atoms with Crippen LogP contribution in [-0.2, 0) is 0 Å². The van der Waals surface area contributed by atoms with E-state index >= 15 is 0 Å². The third kappa shape index (κ3) is 3.01. The Labute approximate surface area is 105 Å². The lowest BCUT2D eigenvalue weighted by molar-refractivity contribution is 0.461. The van der Waals surface area contributed by atoms with Crippen LogP contribution >= 0.6 is 12.2 Å². The van der Waals surface area contributed by atoms with Crippen molar-refractivity contribution < 1.29 is 4.74 Å². The lowest BCUT2D eigenvalue weighted by Gasteiger charge is -2.07. The van der Waals surface area contributed by atoms with Crippen molar-refractivity contribution in [2.75, 3.05) is 0 Å². The van der Waals surface area contributed by atoms with Gasteiger partial charge in [0.05, 0.1) is 0 Å². The van der Waals surface area contributed by atoms with E-state index in [0.717, 1.165) is 17.0 Å². The monoisotopic (exact) mass is 244 g/mol. The summed E-state index contributed by atoms with van der Waals surface area (Å²) in [5.41, 5.74) is 7.18. The lowest BCUT2D eigenvalue weighted by Crippen LogP contribution is -2.10. The highest BCUT2D eigenvalue weighted by Gasteiger charge is 2.04. The lowest BCUT2D eigenvalue weighted by atomic mass is 10.2. The van der Waals surface area contributed by atoms with Gasteiger partial charge in [0.2, 0.25) is 5.88 Å².